The number of nitrogens with two attached hydrogens (primary N) is 1. The number of aliphatic hydroxyl groups excluding tert-OH is 2. The molecule has 320 valence electrons. The van der Waals surface area contributed by atoms with Crippen LogP contribution in [0.15, 0.2) is 43.0 Å². The molecule has 2 unspecified atom stereocenters. The fourth-order valence-corrected chi connectivity index (χ4v) is 8.40. The molecule has 29 heteroatoms. The number of ether oxygens (including phenoxy) is 1. The number of ketones is 1. The Morgan fingerprint density at radius 3 is 2.36 bits per heavy atom. The lowest BCUT2D eigenvalue weighted by Gasteiger charge is -2.36. The maximum Gasteiger partial charge on any atom is 0.274 e. The average molecular weight is 896 g/mol. The van der Waals surface area contributed by atoms with Crippen molar-refractivity contribution in [2.75, 3.05) is 37.8 Å². The molecule has 1 fully saturated rings. The van der Waals surface area contributed by atoms with Crippen molar-refractivity contribution in [3.05, 3.63) is 48.5 Å². The molecule has 0 radical (unpaired) electrons. The van der Waals surface area contributed by atoms with Gasteiger partial charge in [-0.05, 0) is 0 Å². The van der Waals surface area contributed by atoms with Crippen molar-refractivity contribution >= 4 is 74.9 Å². The summed E-state index contributed by atoms with van der Waals surface area (Å²) in [4.78, 5) is 108. The number of anilines is 1. The molecule has 1 saturated heterocycles. The molecule has 1 aromatic carbocycles. The average Bonchev–Trinajstić information content (AvgIpc) is 3.71. The molecule has 0 spiro atoms. The Bertz CT molecular complexity index is 2110. The monoisotopic (exact) mass is 895 g/mol. The van der Waals surface area contributed by atoms with Gasteiger partial charge in [0.2, 0.25) is 17.6 Å². The van der Waals surface area contributed by atoms with E-state index in [1.807, 2.05) is 0 Å². The van der Waals surface area contributed by atoms with Crippen LogP contribution >= 0.6 is 35.2 Å². The molecule has 0 bridgehead atoms. The Labute approximate surface area is 332 Å². The van der Waals surface area contributed by atoms with E-state index in [1.165, 1.54) is 26.0 Å². The number of Topliss-reactive ketones (excluding diaryl/α,β-unsaturated/α-hetero) is 1. The zero-order valence-corrected chi connectivity index (χ0v) is 33.7. The third-order valence-electron chi connectivity index (χ3n) is 7.93. The minimum atomic E-state index is -5.93. The van der Waals surface area contributed by atoms with E-state index in [9.17, 15) is 62.7 Å². The summed E-state index contributed by atoms with van der Waals surface area (Å²) in [6, 6.07) is 7.90. The van der Waals surface area contributed by atoms with E-state index in [0.29, 0.717) is 11.8 Å². The molecule has 2 amide bonds. The summed E-state index contributed by atoms with van der Waals surface area (Å²) in [5.41, 5.74) is 4.24. The van der Waals surface area contributed by atoms with Gasteiger partial charge >= 0.3 is 0 Å². The Morgan fingerprint density at radius 2 is 1.69 bits per heavy atom. The zero-order chi connectivity index (χ0) is 43.1. The Balaban J connectivity index is 1.22. The van der Waals surface area contributed by atoms with Crippen LogP contribution < -0.4 is 35.9 Å². The number of phosphoric acid groups is 3. The Hall–Kier alpha value is -3.55. The molecule has 1 aliphatic rings. The molecule has 4 rings (SSSR count). The molecule has 1 aliphatic heterocycles. The first-order chi connectivity index (χ1) is 27.0. The van der Waals surface area contributed by atoms with Gasteiger partial charge in [0, 0.05) is 36.2 Å². The summed E-state index contributed by atoms with van der Waals surface area (Å²) in [5, 5.41) is 25.4. The fourth-order valence-electron chi connectivity index (χ4n) is 5.02. The van der Waals surface area contributed by atoms with Crippen molar-refractivity contribution < 1.29 is 85.3 Å². The van der Waals surface area contributed by atoms with E-state index >= 15 is 0 Å². The summed E-state index contributed by atoms with van der Waals surface area (Å²) < 4.78 is 60.5. The van der Waals surface area contributed by atoms with Gasteiger partial charge in [-0.25, -0.2) is 19.3 Å². The van der Waals surface area contributed by atoms with E-state index in [1.54, 1.807) is 18.2 Å². The summed E-state index contributed by atoms with van der Waals surface area (Å²) in [7, 11) is -17.6. The number of aromatic nitrogens is 4. The van der Waals surface area contributed by atoms with Gasteiger partial charge in [0.25, 0.3) is 20.8 Å². The summed E-state index contributed by atoms with van der Waals surface area (Å²) in [6.45, 7) is -0.226. The van der Waals surface area contributed by atoms with E-state index in [4.69, 9.17) is 10.5 Å². The first-order valence-corrected chi connectivity index (χ1v) is 22.0. The largest absolute Gasteiger partial charge is 0.790 e. The fraction of sp³-hybridized carbons (Fsp3) is 0.483. The number of nitrogens with zero attached hydrogens (tertiary/aromatic N) is 4. The second-order valence-corrected chi connectivity index (χ2v) is 17.9. The van der Waals surface area contributed by atoms with Gasteiger partial charge in [-0.3, -0.25) is 32.9 Å². The van der Waals surface area contributed by atoms with Gasteiger partial charge in [-0.2, -0.15) is 0 Å². The number of amides is 2. The molecule has 3 heterocycles. The third kappa shape index (κ3) is 13.2. The number of carbonyl (C=O) groups is 4. The molecule has 25 nitrogen and oxygen atoms in total. The SMILES string of the molecule is CC(C)(COP(=O)([O-])OP(=O)([O-])OC[C@H]1O[C@@H](n2cnc3c(N)ncnc32)[C@H](O)[C@@H]1OP(=O)([O-])[O-])[C@@H](O)C(=O)NCCC(=O)NCCSC(=O)C(=O)c1ccccc1. The first-order valence-electron chi connectivity index (χ1n) is 16.6. The Morgan fingerprint density at radius 1 is 1.02 bits per heavy atom. The van der Waals surface area contributed by atoms with Gasteiger partial charge in [0.15, 0.2) is 17.7 Å². The number of hydrogen-bond acceptors (Lipinski definition) is 23. The number of benzene rings is 1. The van der Waals surface area contributed by atoms with Crippen LogP contribution in [-0.4, -0.2) is 109 Å². The van der Waals surface area contributed by atoms with Gasteiger partial charge in [0.1, 0.15) is 36.3 Å². The van der Waals surface area contributed by atoms with Crippen LogP contribution in [0.3, 0.4) is 0 Å². The van der Waals surface area contributed by atoms with Crippen LogP contribution in [-0.2, 0) is 50.7 Å². The lowest BCUT2D eigenvalue weighted by molar-refractivity contribution is -0.347. The summed E-state index contributed by atoms with van der Waals surface area (Å²) in [5.74, 6) is -2.29. The number of aliphatic hydroxyl groups is 2. The number of nitrogens with one attached hydrogen (secondary N) is 2. The number of imidazole rings is 1. The van der Waals surface area contributed by atoms with Crippen molar-refractivity contribution in [2.45, 2.75) is 50.9 Å². The lowest BCUT2D eigenvalue weighted by Crippen LogP contribution is -2.46. The minimum Gasteiger partial charge on any atom is -0.790 e. The number of nitrogen functional groups attached to an aromatic ring is 1. The third-order valence-corrected chi connectivity index (χ3v) is 11.8. The molecule has 0 saturated carbocycles. The highest BCUT2D eigenvalue weighted by molar-refractivity contribution is 8.15. The quantitative estimate of drug-likeness (QED) is 0.0308. The molecule has 3 aromatic rings. The van der Waals surface area contributed by atoms with E-state index in [0.717, 1.165) is 17.2 Å². The number of phosphoric ester groups is 3. The highest BCUT2D eigenvalue weighted by Crippen LogP contribution is 2.56. The smallest absolute Gasteiger partial charge is 0.274 e. The van der Waals surface area contributed by atoms with Crippen LogP contribution in [0.4, 0.5) is 5.82 Å². The highest BCUT2D eigenvalue weighted by atomic mass is 32.2. The minimum absolute atomic E-state index is 0.0200. The molecule has 6 N–H and O–H groups in total. The molecular weight excluding hydrogens is 859 g/mol. The van der Waals surface area contributed by atoms with E-state index < -0.39 is 95.5 Å². The first kappa shape index (κ1) is 47.1. The lowest BCUT2D eigenvalue weighted by atomic mass is 9.87. The number of rotatable bonds is 21. The Kier molecular flexibility index (Phi) is 16.0. The van der Waals surface area contributed by atoms with E-state index in [2.05, 4.69) is 43.5 Å². The number of hydrogen-bond donors (Lipinski definition) is 5. The molecular formula is C29H36N7O18P3S-4. The second-order valence-electron chi connectivity index (χ2n) is 12.8. The van der Waals surface area contributed by atoms with Crippen LogP contribution in [0.5, 0.6) is 0 Å². The standard InChI is InChI=1S/C29H40N7O18P3S/c1-29(2,23(40)26(41)32-9-8-18(37)31-10-11-58-28(42)20(38)16-6-4-3-5-7-16)13-51-57(48,49)54-56(46,47)50-12-17-22(53-55(43,44)45)21(39)27(52-17)36-15-35-19-24(30)33-14-34-25(19)36/h3-7,14-15,17,21-23,27,39-40H,8-13H2,1-2H3,(H,31,37)(H,32,41)(H,46,47)(H,48,49)(H2,30,33,34)(H2,43,44,45)/p-4/t17-,21-,22-,23+,27-/m1/s1. The molecule has 7 atom stereocenters. The molecule has 2 aromatic heterocycles. The maximum atomic E-state index is 12.5. The highest BCUT2D eigenvalue weighted by Gasteiger charge is 2.47. The van der Waals surface area contributed by atoms with Crippen molar-refractivity contribution in [3.8, 4) is 0 Å². The van der Waals surface area contributed by atoms with Crippen molar-refractivity contribution in [1.29, 1.82) is 0 Å². The molecule has 58 heavy (non-hydrogen) atoms. The second kappa shape index (κ2) is 19.7. The maximum absolute atomic E-state index is 12.5. The van der Waals surface area contributed by atoms with E-state index in [-0.39, 0.29) is 47.8 Å². The summed E-state index contributed by atoms with van der Waals surface area (Å²) in [6.07, 6.45) is -7.76. The van der Waals surface area contributed by atoms with Crippen LogP contribution in [0.2, 0.25) is 0 Å². The van der Waals surface area contributed by atoms with Crippen LogP contribution in [0, 0.1) is 5.41 Å². The van der Waals surface area contributed by atoms with Gasteiger partial charge in [0.05, 0.1) is 27.4 Å². The van der Waals surface area contributed by atoms with Gasteiger partial charge in [-0.1, -0.05) is 55.9 Å². The van der Waals surface area contributed by atoms with Crippen LogP contribution in [0.25, 0.3) is 11.2 Å². The van der Waals surface area contributed by atoms with Crippen molar-refractivity contribution in [1.82, 2.24) is 30.2 Å². The number of thioether (sulfide) groups is 1. The van der Waals surface area contributed by atoms with Gasteiger partial charge in [-0.15, -0.1) is 0 Å². The molecule has 0 aliphatic carbocycles. The number of carbonyl (C=O) groups excluding carboxylic acids is 4. The normalized spacial score (nSPS) is 21.2. The van der Waals surface area contributed by atoms with Crippen molar-refractivity contribution in [2.24, 2.45) is 5.41 Å². The van der Waals surface area contributed by atoms with Gasteiger partial charge < -0.3 is 69.0 Å². The summed E-state index contributed by atoms with van der Waals surface area (Å²) >= 11 is 0.712. The topological polar surface area (TPSA) is 392 Å². The predicted molar refractivity (Wildman–Crippen MR) is 189 cm³/mol. The van der Waals surface area contributed by atoms with Crippen LogP contribution in [0.1, 0.15) is 36.9 Å². The predicted octanol–water partition coefficient (Wildman–Crippen LogP) is -2.98. The van der Waals surface area contributed by atoms with Crippen molar-refractivity contribution in [3.63, 3.8) is 0 Å². The zero-order valence-electron chi connectivity index (χ0n) is 30.2. The number of fused-ring (bicyclic) bond motifs is 1.